The largest absolute Gasteiger partial charge is 0.461 e. The van der Waals surface area contributed by atoms with Crippen LogP contribution < -0.4 is 5.32 Å². The molecule has 1 amide bonds. The molecular formula is C18H21FN2O2. The molecule has 0 aliphatic carbocycles. The zero-order chi connectivity index (χ0) is 16.2. The van der Waals surface area contributed by atoms with E-state index in [1.807, 2.05) is 11.0 Å². The lowest BCUT2D eigenvalue weighted by molar-refractivity contribution is -0.132. The highest BCUT2D eigenvalue weighted by Crippen LogP contribution is 2.25. The molecule has 0 bridgehead atoms. The number of hydrogen-bond acceptors (Lipinski definition) is 3. The molecule has 1 aromatic heterocycles. The van der Waals surface area contributed by atoms with Gasteiger partial charge in [-0.15, -0.1) is 0 Å². The maximum atomic E-state index is 13.8. The average Bonchev–Trinajstić information content (AvgIpc) is 3.02. The number of carbonyl (C=O) groups is 1. The number of benzene rings is 1. The predicted octanol–water partition coefficient (Wildman–Crippen LogP) is 2.84. The normalized spacial score (nSPS) is 18.2. The Bertz CT molecular complexity index is 683. The zero-order valence-electron chi connectivity index (χ0n) is 13.2. The van der Waals surface area contributed by atoms with E-state index in [1.54, 1.807) is 24.3 Å². The zero-order valence-corrected chi connectivity index (χ0v) is 13.2. The van der Waals surface area contributed by atoms with Crippen LogP contribution in [0.15, 0.2) is 40.8 Å². The van der Waals surface area contributed by atoms with Crippen LogP contribution in [0.25, 0.3) is 11.3 Å². The third-order valence-corrected chi connectivity index (χ3v) is 4.11. The number of nitrogens with one attached hydrogen (secondary N) is 1. The summed E-state index contributed by atoms with van der Waals surface area (Å²) in [7, 11) is 0. The van der Waals surface area contributed by atoms with Crippen molar-refractivity contribution in [2.75, 3.05) is 19.6 Å². The van der Waals surface area contributed by atoms with Gasteiger partial charge in [0.15, 0.2) is 0 Å². The molecule has 3 rings (SSSR count). The van der Waals surface area contributed by atoms with Gasteiger partial charge in [-0.1, -0.05) is 12.1 Å². The molecule has 1 aliphatic heterocycles. The average molecular weight is 316 g/mol. The Morgan fingerprint density at radius 2 is 2.17 bits per heavy atom. The molecule has 2 aromatic rings. The Kier molecular flexibility index (Phi) is 4.76. The van der Waals surface area contributed by atoms with E-state index < -0.39 is 0 Å². The first kappa shape index (κ1) is 15.7. The Balaban J connectivity index is 1.59. The van der Waals surface area contributed by atoms with Crippen molar-refractivity contribution < 1.29 is 13.6 Å². The van der Waals surface area contributed by atoms with E-state index in [0.717, 1.165) is 19.6 Å². The monoisotopic (exact) mass is 316 g/mol. The third kappa shape index (κ3) is 3.79. The minimum absolute atomic E-state index is 0.141. The van der Waals surface area contributed by atoms with Gasteiger partial charge in [0, 0.05) is 38.5 Å². The summed E-state index contributed by atoms with van der Waals surface area (Å²) in [5, 5.41) is 3.32. The lowest BCUT2D eigenvalue weighted by Gasteiger charge is -2.31. The molecule has 122 valence electrons. The molecule has 23 heavy (non-hydrogen) atoms. The van der Waals surface area contributed by atoms with Crippen LogP contribution in [0, 0.1) is 5.82 Å². The second-order valence-electron chi connectivity index (χ2n) is 5.94. The van der Waals surface area contributed by atoms with Gasteiger partial charge < -0.3 is 14.6 Å². The van der Waals surface area contributed by atoms with Crippen molar-refractivity contribution in [3.05, 3.63) is 48.0 Å². The van der Waals surface area contributed by atoms with E-state index in [1.165, 1.54) is 6.07 Å². The summed E-state index contributed by atoms with van der Waals surface area (Å²) < 4.78 is 19.4. The first-order valence-electron chi connectivity index (χ1n) is 7.98. The molecule has 1 atom stereocenters. The summed E-state index contributed by atoms with van der Waals surface area (Å²) in [6, 6.07) is 10.4. The predicted molar refractivity (Wildman–Crippen MR) is 86.5 cm³/mol. The van der Waals surface area contributed by atoms with Gasteiger partial charge >= 0.3 is 0 Å². The molecule has 1 fully saturated rings. The molecule has 0 radical (unpaired) electrons. The van der Waals surface area contributed by atoms with E-state index in [4.69, 9.17) is 4.42 Å². The maximum absolute atomic E-state index is 13.8. The van der Waals surface area contributed by atoms with Crippen LogP contribution in [-0.4, -0.2) is 36.5 Å². The molecule has 1 aromatic carbocycles. The molecule has 4 nitrogen and oxygen atoms in total. The van der Waals surface area contributed by atoms with Crippen molar-refractivity contribution >= 4 is 5.91 Å². The van der Waals surface area contributed by atoms with Crippen LogP contribution in [-0.2, 0) is 11.2 Å². The van der Waals surface area contributed by atoms with Crippen molar-refractivity contribution in [3.63, 3.8) is 0 Å². The molecule has 1 saturated heterocycles. The number of halogens is 1. The van der Waals surface area contributed by atoms with Gasteiger partial charge in [-0.2, -0.15) is 0 Å². The number of carbonyl (C=O) groups excluding carboxylic acids is 1. The number of amides is 1. The van der Waals surface area contributed by atoms with Crippen molar-refractivity contribution in [1.82, 2.24) is 10.2 Å². The van der Waals surface area contributed by atoms with E-state index in [9.17, 15) is 9.18 Å². The van der Waals surface area contributed by atoms with Crippen molar-refractivity contribution in [2.24, 2.45) is 0 Å². The topological polar surface area (TPSA) is 45.5 Å². The van der Waals surface area contributed by atoms with E-state index in [2.05, 4.69) is 12.2 Å². The summed E-state index contributed by atoms with van der Waals surface area (Å²) in [4.78, 5) is 14.1. The lowest BCUT2D eigenvalue weighted by atomic mass is 10.1. The molecule has 1 unspecified atom stereocenters. The smallest absolute Gasteiger partial charge is 0.223 e. The minimum Gasteiger partial charge on any atom is -0.461 e. The summed E-state index contributed by atoms with van der Waals surface area (Å²) >= 11 is 0. The number of nitrogens with zero attached hydrogens (tertiary/aromatic N) is 1. The summed E-state index contributed by atoms with van der Waals surface area (Å²) in [6.45, 7) is 4.41. The van der Waals surface area contributed by atoms with Crippen molar-refractivity contribution in [3.8, 4) is 11.3 Å². The van der Waals surface area contributed by atoms with Crippen LogP contribution in [0.2, 0.25) is 0 Å². The number of piperazine rings is 1. The van der Waals surface area contributed by atoms with Gasteiger partial charge in [0.05, 0.1) is 5.56 Å². The Morgan fingerprint density at radius 3 is 2.96 bits per heavy atom. The fourth-order valence-electron chi connectivity index (χ4n) is 2.87. The molecule has 2 heterocycles. The number of hydrogen-bond donors (Lipinski definition) is 1. The molecule has 1 aliphatic rings. The standard InChI is InChI=1S/C18H21FN2O2/c1-13-12-21(11-10-20-13)18(22)9-7-14-6-8-17(23-14)15-4-2-3-5-16(15)19/h2-6,8,13,20H,7,9-12H2,1H3. The number of rotatable bonds is 4. The summed E-state index contributed by atoms with van der Waals surface area (Å²) in [6.07, 6.45) is 0.947. The second kappa shape index (κ2) is 6.96. The fourth-order valence-corrected chi connectivity index (χ4v) is 2.87. The Morgan fingerprint density at radius 1 is 1.35 bits per heavy atom. The maximum Gasteiger partial charge on any atom is 0.223 e. The van der Waals surface area contributed by atoms with Gasteiger partial charge in [-0.25, -0.2) is 4.39 Å². The van der Waals surface area contributed by atoms with Crippen LogP contribution >= 0.6 is 0 Å². The molecule has 1 N–H and O–H groups in total. The second-order valence-corrected chi connectivity index (χ2v) is 5.94. The third-order valence-electron chi connectivity index (χ3n) is 4.11. The van der Waals surface area contributed by atoms with Crippen LogP contribution in [0.3, 0.4) is 0 Å². The fraction of sp³-hybridized carbons (Fsp3) is 0.389. The quantitative estimate of drug-likeness (QED) is 0.943. The summed E-state index contributed by atoms with van der Waals surface area (Å²) in [5.74, 6) is 1.04. The van der Waals surface area contributed by atoms with Crippen LogP contribution in [0.5, 0.6) is 0 Å². The van der Waals surface area contributed by atoms with Gasteiger partial charge in [0.2, 0.25) is 5.91 Å². The van der Waals surface area contributed by atoms with Gasteiger partial charge in [-0.3, -0.25) is 4.79 Å². The van der Waals surface area contributed by atoms with Gasteiger partial charge in [0.1, 0.15) is 17.3 Å². The first-order valence-corrected chi connectivity index (χ1v) is 7.98. The highest BCUT2D eigenvalue weighted by Gasteiger charge is 2.20. The molecule has 5 heteroatoms. The van der Waals surface area contributed by atoms with Crippen LogP contribution in [0.1, 0.15) is 19.1 Å². The number of furan rings is 1. The molecule has 0 saturated carbocycles. The SMILES string of the molecule is CC1CN(C(=O)CCc2ccc(-c3ccccc3F)o2)CCN1. The Hall–Kier alpha value is -2.14. The molecule has 0 spiro atoms. The molecular weight excluding hydrogens is 295 g/mol. The van der Waals surface area contributed by atoms with Crippen molar-refractivity contribution in [1.29, 1.82) is 0 Å². The van der Waals surface area contributed by atoms with Crippen molar-refractivity contribution in [2.45, 2.75) is 25.8 Å². The summed E-state index contributed by atoms with van der Waals surface area (Å²) in [5.41, 5.74) is 0.445. The first-order chi connectivity index (χ1) is 11.1. The Labute approximate surface area is 135 Å². The highest BCUT2D eigenvalue weighted by molar-refractivity contribution is 5.76. The van der Waals surface area contributed by atoms with Crippen LogP contribution in [0.4, 0.5) is 4.39 Å². The lowest BCUT2D eigenvalue weighted by Crippen LogP contribution is -2.51. The highest BCUT2D eigenvalue weighted by atomic mass is 19.1. The van der Waals surface area contributed by atoms with Gasteiger partial charge in [0.25, 0.3) is 0 Å². The van der Waals surface area contributed by atoms with E-state index in [0.29, 0.717) is 36.0 Å². The van der Waals surface area contributed by atoms with Gasteiger partial charge in [-0.05, 0) is 31.2 Å². The minimum atomic E-state index is -0.306. The van der Waals surface area contributed by atoms with E-state index in [-0.39, 0.29) is 11.7 Å². The van der Waals surface area contributed by atoms with E-state index >= 15 is 0 Å². The number of aryl methyl sites for hydroxylation is 1.